The summed E-state index contributed by atoms with van der Waals surface area (Å²) in [6.07, 6.45) is -0.158. The third-order valence-corrected chi connectivity index (χ3v) is 2.82. The maximum Gasteiger partial charge on any atom is 0.331 e. The maximum atomic E-state index is 11.5. The topological polar surface area (TPSA) is 117 Å². The van der Waals surface area contributed by atoms with Crippen LogP contribution < -0.4 is 11.2 Å². The van der Waals surface area contributed by atoms with Crippen molar-refractivity contribution in [2.24, 2.45) is 0 Å². The van der Waals surface area contributed by atoms with Gasteiger partial charge >= 0.3 is 5.69 Å². The second-order valence-electron chi connectivity index (χ2n) is 3.85. The molecule has 2 fully saturated rings. The largest absolute Gasteiger partial charge is 0.463 e. The number of H-pyrrole nitrogens is 1. The van der Waals surface area contributed by atoms with Crippen molar-refractivity contribution in [3.05, 3.63) is 45.4 Å². The lowest BCUT2D eigenvalue weighted by molar-refractivity contribution is -0.118. The molecule has 0 aromatic carbocycles. The summed E-state index contributed by atoms with van der Waals surface area (Å²) >= 11 is 0. The Balaban J connectivity index is 2.11. The van der Waals surface area contributed by atoms with Crippen LogP contribution in [0.15, 0.2) is 34.2 Å². The molecule has 0 aliphatic carbocycles. The molecule has 1 aromatic rings. The number of nitrogens with one attached hydrogen (secondary N) is 1. The molecule has 8 nitrogen and oxygen atoms in total. The Bertz CT molecular complexity index is 633. The van der Waals surface area contributed by atoms with Crippen LogP contribution >= 0.6 is 0 Å². The van der Waals surface area contributed by atoms with Crippen molar-refractivity contribution in [3.8, 4) is 0 Å². The minimum Gasteiger partial charge on any atom is -0.463 e. The van der Waals surface area contributed by atoms with Crippen LogP contribution in [0.2, 0.25) is 0 Å². The first-order valence-corrected chi connectivity index (χ1v) is 4.71. The zero-order valence-electron chi connectivity index (χ0n) is 8.41. The fraction of sp³-hybridized carbons (Fsp3) is 0.333. The molecule has 0 saturated carbocycles. The second kappa shape index (κ2) is 2.67. The molecule has 1 aromatic heterocycles. The van der Waals surface area contributed by atoms with Crippen LogP contribution in [-0.4, -0.2) is 31.3 Å². The summed E-state index contributed by atoms with van der Waals surface area (Å²) in [6, 6.07) is 1.08. The summed E-state index contributed by atoms with van der Waals surface area (Å²) in [6.45, 7) is 3.37. The molecule has 3 N–H and O–H groups in total. The summed E-state index contributed by atoms with van der Waals surface area (Å²) in [7, 11) is 0. The van der Waals surface area contributed by atoms with Crippen molar-refractivity contribution in [2.75, 3.05) is 0 Å². The van der Waals surface area contributed by atoms with Crippen LogP contribution in [-0.2, 0) is 9.47 Å². The first kappa shape index (κ1) is 10.3. The molecule has 0 spiro atoms. The highest BCUT2D eigenvalue weighted by Crippen LogP contribution is 2.61. The summed E-state index contributed by atoms with van der Waals surface area (Å²) in [5, 5.41) is 19.6. The second-order valence-corrected chi connectivity index (χ2v) is 3.85. The Hall–Kier alpha value is -1.90. The van der Waals surface area contributed by atoms with E-state index in [1.54, 1.807) is 0 Å². The van der Waals surface area contributed by atoms with E-state index in [1.807, 2.05) is 4.98 Å². The quantitative estimate of drug-likeness (QED) is 0.488. The van der Waals surface area contributed by atoms with Crippen LogP contribution in [0, 0.1) is 0 Å². The van der Waals surface area contributed by atoms with Gasteiger partial charge in [-0.15, -0.1) is 0 Å². The summed E-state index contributed by atoms with van der Waals surface area (Å²) in [5.74, 6) is -4.23. The van der Waals surface area contributed by atoms with Crippen LogP contribution in [0.5, 0.6) is 0 Å². The van der Waals surface area contributed by atoms with Gasteiger partial charge in [0, 0.05) is 12.3 Å². The van der Waals surface area contributed by atoms with Gasteiger partial charge in [0.15, 0.2) is 5.76 Å². The van der Waals surface area contributed by atoms with Gasteiger partial charge in [0.1, 0.15) is 0 Å². The lowest BCUT2D eigenvalue weighted by atomic mass is 10.2. The zero-order chi connectivity index (χ0) is 12.4. The third-order valence-electron chi connectivity index (χ3n) is 2.82. The van der Waals surface area contributed by atoms with Gasteiger partial charge in [0.25, 0.3) is 17.1 Å². The highest BCUT2D eigenvalue weighted by atomic mass is 16.9. The van der Waals surface area contributed by atoms with Crippen molar-refractivity contribution < 1.29 is 19.7 Å². The lowest BCUT2D eigenvalue weighted by Crippen LogP contribution is -2.38. The molecule has 0 bridgehead atoms. The van der Waals surface area contributed by atoms with Crippen LogP contribution in [0.1, 0.15) is 6.23 Å². The standard InChI is InChI=1S/C9H8N2O6/c1-4-8(14)9(15,17-8)6(16-4)11-3-2-5(12)10-7(11)13/h2-3,6,14-15H,1H2,(H,10,12,13)/t6-,8?,9?/m0/s1. The molecule has 2 saturated heterocycles. The number of hydrogen-bond donors (Lipinski definition) is 3. The number of aromatic amines is 1. The van der Waals surface area contributed by atoms with Gasteiger partial charge in [0.05, 0.1) is 0 Å². The van der Waals surface area contributed by atoms with E-state index in [2.05, 4.69) is 6.58 Å². The van der Waals surface area contributed by atoms with E-state index < -0.39 is 29.1 Å². The fourth-order valence-corrected chi connectivity index (χ4v) is 1.83. The van der Waals surface area contributed by atoms with Crippen molar-refractivity contribution in [1.29, 1.82) is 0 Å². The first-order chi connectivity index (χ1) is 7.88. The molecule has 90 valence electrons. The molecule has 0 radical (unpaired) electrons. The first-order valence-electron chi connectivity index (χ1n) is 4.71. The normalized spacial score (nSPS) is 38.7. The highest BCUT2D eigenvalue weighted by molar-refractivity contribution is 5.25. The van der Waals surface area contributed by atoms with E-state index in [1.165, 1.54) is 0 Å². The zero-order valence-corrected chi connectivity index (χ0v) is 8.41. The number of nitrogens with zero attached hydrogens (tertiary/aromatic N) is 1. The molecule has 2 aliphatic heterocycles. The molecule has 2 aliphatic rings. The average Bonchev–Trinajstić information content (AvgIpc) is 2.75. The molecule has 8 heteroatoms. The van der Waals surface area contributed by atoms with Crippen LogP contribution in [0.3, 0.4) is 0 Å². The highest BCUT2D eigenvalue weighted by Gasteiger charge is 2.83. The molecular formula is C9H8N2O6. The van der Waals surface area contributed by atoms with Crippen molar-refractivity contribution in [1.82, 2.24) is 9.55 Å². The van der Waals surface area contributed by atoms with E-state index in [0.29, 0.717) is 0 Å². The van der Waals surface area contributed by atoms with Crippen LogP contribution in [0.25, 0.3) is 0 Å². The number of fused-ring (bicyclic) bond motifs is 1. The molecular weight excluding hydrogens is 232 g/mol. The number of epoxide rings is 1. The van der Waals surface area contributed by atoms with E-state index >= 15 is 0 Å². The predicted molar refractivity (Wildman–Crippen MR) is 51.6 cm³/mol. The fourth-order valence-electron chi connectivity index (χ4n) is 1.83. The molecule has 3 rings (SSSR count). The Morgan fingerprint density at radius 2 is 2.18 bits per heavy atom. The van der Waals surface area contributed by atoms with Crippen molar-refractivity contribution in [3.63, 3.8) is 0 Å². The Morgan fingerprint density at radius 3 is 2.65 bits per heavy atom. The Labute approximate surface area is 93.3 Å². The number of rotatable bonds is 1. The van der Waals surface area contributed by atoms with Gasteiger partial charge in [-0.05, 0) is 0 Å². The predicted octanol–water partition coefficient (Wildman–Crippen LogP) is -2.01. The molecule has 17 heavy (non-hydrogen) atoms. The van der Waals surface area contributed by atoms with Crippen LogP contribution in [0.4, 0.5) is 0 Å². The van der Waals surface area contributed by atoms with E-state index in [-0.39, 0.29) is 5.76 Å². The Kier molecular flexibility index (Phi) is 1.61. The average molecular weight is 240 g/mol. The molecule has 3 atom stereocenters. The molecule has 0 amide bonds. The minimum atomic E-state index is -2.05. The molecule has 3 heterocycles. The molecule has 2 unspecified atom stereocenters. The minimum absolute atomic E-state index is 0.192. The monoisotopic (exact) mass is 240 g/mol. The summed E-state index contributed by atoms with van der Waals surface area (Å²) < 4.78 is 10.7. The summed E-state index contributed by atoms with van der Waals surface area (Å²) in [5.41, 5.74) is -1.37. The SMILES string of the molecule is C=C1O[C@H](n2ccc(=O)[nH]c2=O)C2(O)OC12O. The van der Waals surface area contributed by atoms with E-state index in [4.69, 9.17) is 9.47 Å². The maximum absolute atomic E-state index is 11.5. The van der Waals surface area contributed by atoms with Gasteiger partial charge in [-0.3, -0.25) is 19.1 Å². The van der Waals surface area contributed by atoms with Crippen molar-refractivity contribution >= 4 is 0 Å². The summed E-state index contributed by atoms with van der Waals surface area (Å²) in [4.78, 5) is 24.4. The van der Waals surface area contributed by atoms with E-state index in [0.717, 1.165) is 16.8 Å². The van der Waals surface area contributed by atoms with Gasteiger partial charge in [-0.2, -0.15) is 0 Å². The number of ether oxygens (including phenoxy) is 2. The number of aliphatic hydroxyl groups is 2. The van der Waals surface area contributed by atoms with E-state index in [9.17, 15) is 19.8 Å². The van der Waals surface area contributed by atoms with Gasteiger partial charge in [-0.1, -0.05) is 6.58 Å². The number of aromatic nitrogens is 2. The van der Waals surface area contributed by atoms with Gasteiger partial charge in [0.2, 0.25) is 6.23 Å². The van der Waals surface area contributed by atoms with Gasteiger partial charge < -0.3 is 14.9 Å². The third kappa shape index (κ3) is 1.06. The van der Waals surface area contributed by atoms with Crippen molar-refractivity contribution in [2.45, 2.75) is 17.8 Å². The lowest BCUT2D eigenvalue weighted by Gasteiger charge is -2.17. The number of hydrogen-bond acceptors (Lipinski definition) is 6. The van der Waals surface area contributed by atoms with Gasteiger partial charge in [-0.25, -0.2) is 4.79 Å². The Morgan fingerprint density at radius 1 is 1.47 bits per heavy atom. The smallest absolute Gasteiger partial charge is 0.331 e.